The maximum absolute atomic E-state index is 11.0. The molecule has 0 atom stereocenters. The van der Waals surface area contributed by atoms with Crippen LogP contribution in [0.15, 0.2) is 17.3 Å². The van der Waals surface area contributed by atoms with Gasteiger partial charge in [-0.05, 0) is 41.6 Å². The quantitative estimate of drug-likeness (QED) is 0.226. The third kappa shape index (κ3) is 3.88. The number of hydrogen-bond acceptors (Lipinski definition) is 5. The van der Waals surface area contributed by atoms with Crippen LogP contribution in [0, 0.1) is 3.57 Å². The van der Waals surface area contributed by atoms with E-state index in [0.29, 0.717) is 27.2 Å². The molecule has 0 spiro atoms. The Morgan fingerprint density at radius 1 is 1.59 bits per heavy atom. The summed E-state index contributed by atoms with van der Waals surface area (Å²) >= 11 is 2.02. The van der Waals surface area contributed by atoms with Gasteiger partial charge in [-0.25, -0.2) is 0 Å². The number of nitrogens with zero attached hydrogens (tertiary/aromatic N) is 1. The Morgan fingerprint density at radius 2 is 2.29 bits per heavy atom. The predicted octanol–water partition coefficient (Wildman–Crippen LogP) is 2.42. The van der Waals surface area contributed by atoms with Crippen molar-refractivity contribution in [3.63, 3.8) is 0 Å². The lowest BCUT2D eigenvalue weighted by Crippen LogP contribution is -2.06. The van der Waals surface area contributed by atoms with E-state index in [2.05, 4.69) is 5.16 Å². The predicted molar refractivity (Wildman–Crippen MR) is 71.0 cm³/mol. The first kappa shape index (κ1) is 13.8. The van der Waals surface area contributed by atoms with Crippen LogP contribution >= 0.6 is 22.6 Å². The molecule has 0 radical (unpaired) electrons. The van der Waals surface area contributed by atoms with E-state index < -0.39 is 5.97 Å². The van der Waals surface area contributed by atoms with Crippen LogP contribution in [0.2, 0.25) is 0 Å². The normalized spacial score (nSPS) is 10.5. The Labute approximate surface area is 113 Å². The first-order valence-corrected chi connectivity index (χ1v) is 5.98. The number of carbonyl (C=O) groups is 1. The number of esters is 1. The van der Waals surface area contributed by atoms with Crippen molar-refractivity contribution < 1.29 is 19.5 Å². The topological polar surface area (TPSA) is 68.1 Å². The highest BCUT2D eigenvalue weighted by atomic mass is 127. The van der Waals surface area contributed by atoms with Gasteiger partial charge in [0, 0.05) is 12.5 Å². The second-order valence-corrected chi connectivity index (χ2v) is 4.26. The molecule has 0 bridgehead atoms. The SMILES string of the molecule is CCOc1cc(C=NO)cc(I)c1OC(C)=O. The average molecular weight is 349 g/mol. The number of halogens is 1. The standard InChI is InChI=1S/C11H12INO4/c1-3-16-10-5-8(6-13-15)4-9(12)11(10)17-7(2)14/h4-6,15H,3H2,1-2H3. The van der Waals surface area contributed by atoms with Gasteiger partial charge in [-0.1, -0.05) is 5.16 Å². The molecule has 17 heavy (non-hydrogen) atoms. The molecular formula is C11H12INO4. The Morgan fingerprint density at radius 3 is 2.82 bits per heavy atom. The minimum atomic E-state index is -0.410. The Kier molecular flexibility index (Phi) is 5.20. The van der Waals surface area contributed by atoms with E-state index in [1.165, 1.54) is 13.1 Å². The molecule has 1 aromatic rings. The molecule has 1 N–H and O–H groups in total. The molecule has 6 heteroatoms. The minimum Gasteiger partial charge on any atom is -0.490 e. The summed E-state index contributed by atoms with van der Waals surface area (Å²) in [6.07, 6.45) is 1.28. The average Bonchev–Trinajstić information content (AvgIpc) is 2.23. The molecule has 0 fully saturated rings. The summed E-state index contributed by atoms with van der Waals surface area (Å²) in [6.45, 7) is 3.61. The van der Waals surface area contributed by atoms with E-state index in [-0.39, 0.29) is 0 Å². The fraction of sp³-hybridized carbons (Fsp3) is 0.273. The molecule has 1 aromatic carbocycles. The van der Waals surface area contributed by atoms with Crippen LogP contribution in [-0.4, -0.2) is 24.0 Å². The number of oxime groups is 1. The Balaban J connectivity index is 3.21. The van der Waals surface area contributed by atoms with Crippen LogP contribution in [0.25, 0.3) is 0 Å². The summed E-state index contributed by atoms with van der Waals surface area (Å²) in [5.74, 6) is 0.423. The van der Waals surface area contributed by atoms with Crippen LogP contribution in [0.1, 0.15) is 19.4 Å². The van der Waals surface area contributed by atoms with Gasteiger partial charge in [-0.15, -0.1) is 0 Å². The molecule has 5 nitrogen and oxygen atoms in total. The van der Waals surface area contributed by atoms with E-state index in [0.717, 1.165) is 0 Å². The van der Waals surface area contributed by atoms with Crippen molar-refractivity contribution in [1.29, 1.82) is 0 Å². The highest BCUT2D eigenvalue weighted by Crippen LogP contribution is 2.33. The molecular weight excluding hydrogens is 337 g/mol. The zero-order chi connectivity index (χ0) is 12.8. The molecule has 1 rings (SSSR count). The molecule has 0 saturated carbocycles. The zero-order valence-electron chi connectivity index (χ0n) is 9.44. The van der Waals surface area contributed by atoms with Crippen molar-refractivity contribution in [2.24, 2.45) is 5.16 Å². The summed E-state index contributed by atoms with van der Waals surface area (Å²) in [7, 11) is 0. The molecule has 0 aliphatic carbocycles. The first-order chi connectivity index (χ1) is 8.08. The van der Waals surface area contributed by atoms with Gasteiger partial charge < -0.3 is 14.7 Å². The molecule has 0 aromatic heterocycles. The Hall–Kier alpha value is -1.31. The maximum atomic E-state index is 11.0. The lowest BCUT2D eigenvalue weighted by molar-refractivity contribution is -0.132. The van der Waals surface area contributed by atoms with Crippen LogP contribution < -0.4 is 9.47 Å². The largest absolute Gasteiger partial charge is 0.490 e. The summed E-state index contributed by atoms with van der Waals surface area (Å²) in [5, 5.41) is 11.4. The number of carbonyl (C=O) groups excluding carboxylic acids is 1. The van der Waals surface area contributed by atoms with Gasteiger partial charge in [-0.2, -0.15) is 0 Å². The highest BCUT2D eigenvalue weighted by molar-refractivity contribution is 14.1. The fourth-order valence-corrected chi connectivity index (χ4v) is 1.97. The highest BCUT2D eigenvalue weighted by Gasteiger charge is 2.13. The number of hydrogen-bond donors (Lipinski definition) is 1. The van der Waals surface area contributed by atoms with Gasteiger partial charge in [0.1, 0.15) is 0 Å². The van der Waals surface area contributed by atoms with Crippen LogP contribution in [0.3, 0.4) is 0 Å². The van der Waals surface area contributed by atoms with Crippen molar-refractivity contribution >= 4 is 34.8 Å². The van der Waals surface area contributed by atoms with Crippen LogP contribution in [0.4, 0.5) is 0 Å². The van der Waals surface area contributed by atoms with E-state index in [1.54, 1.807) is 12.1 Å². The second kappa shape index (κ2) is 6.43. The van der Waals surface area contributed by atoms with Gasteiger partial charge in [-0.3, -0.25) is 4.79 Å². The van der Waals surface area contributed by atoms with Crippen LogP contribution in [0.5, 0.6) is 11.5 Å². The van der Waals surface area contributed by atoms with Gasteiger partial charge >= 0.3 is 5.97 Å². The monoisotopic (exact) mass is 349 g/mol. The Bertz CT molecular complexity index is 445. The molecule has 0 aliphatic rings. The van der Waals surface area contributed by atoms with Crippen LogP contribution in [-0.2, 0) is 4.79 Å². The molecule has 0 saturated heterocycles. The molecule has 92 valence electrons. The van der Waals surface area contributed by atoms with E-state index in [1.807, 2.05) is 29.5 Å². The zero-order valence-corrected chi connectivity index (χ0v) is 11.6. The van der Waals surface area contributed by atoms with Crippen molar-refractivity contribution in [3.8, 4) is 11.5 Å². The number of ether oxygens (including phenoxy) is 2. The number of benzene rings is 1. The molecule has 0 unspecified atom stereocenters. The molecule has 0 aliphatic heterocycles. The van der Waals surface area contributed by atoms with Gasteiger partial charge in [0.05, 0.1) is 16.4 Å². The van der Waals surface area contributed by atoms with Crippen molar-refractivity contribution in [3.05, 3.63) is 21.3 Å². The van der Waals surface area contributed by atoms with Crippen molar-refractivity contribution in [2.45, 2.75) is 13.8 Å². The fourth-order valence-electron chi connectivity index (χ4n) is 1.23. The van der Waals surface area contributed by atoms with Crippen molar-refractivity contribution in [1.82, 2.24) is 0 Å². The third-order valence-corrected chi connectivity index (χ3v) is 2.59. The first-order valence-electron chi connectivity index (χ1n) is 4.90. The minimum absolute atomic E-state index is 0.384. The lowest BCUT2D eigenvalue weighted by atomic mass is 10.2. The molecule has 0 heterocycles. The van der Waals surface area contributed by atoms with E-state index in [4.69, 9.17) is 14.7 Å². The molecule has 0 amide bonds. The summed E-state index contributed by atoms with van der Waals surface area (Å²) < 4.78 is 11.2. The van der Waals surface area contributed by atoms with E-state index in [9.17, 15) is 4.79 Å². The smallest absolute Gasteiger partial charge is 0.308 e. The van der Waals surface area contributed by atoms with Crippen molar-refractivity contribution in [2.75, 3.05) is 6.61 Å². The van der Waals surface area contributed by atoms with Gasteiger partial charge in [0.25, 0.3) is 0 Å². The van der Waals surface area contributed by atoms with Gasteiger partial charge in [0.2, 0.25) is 0 Å². The lowest BCUT2D eigenvalue weighted by Gasteiger charge is -2.12. The summed E-state index contributed by atoms with van der Waals surface area (Å²) in [4.78, 5) is 11.0. The number of rotatable bonds is 4. The third-order valence-electron chi connectivity index (χ3n) is 1.78. The second-order valence-electron chi connectivity index (χ2n) is 3.10. The summed E-state index contributed by atoms with van der Waals surface area (Å²) in [6, 6.07) is 3.37. The van der Waals surface area contributed by atoms with E-state index >= 15 is 0 Å². The summed E-state index contributed by atoms with van der Waals surface area (Å²) in [5.41, 5.74) is 0.663. The van der Waals surface area contributed by atoms with Gasteiger partial charge in [0.15, 0.2) is 11.5 Å². The maximum Gasteiger partial charge on any atom is 0.308 e.